The number of hydrogen-bond donors (Lipinski definition) is 1. The summed E-state index contributed by atoms with van der Waals surface area (Å²) in [4.78, 5) is 43.8. The van der Waals surface area contributed by atoms with Crippen molar-refractivity contribution in [1.29, 1.82) is 0 Å². The van der Waals surface area contributed by atoms with Crippen molar-refractivity contribution in [2.75, 3.05) is 23.3 Å². The fraction of sp³-hybridized carbons (Fsp3) is 0.333. The Bertz CT molecular complexity index is 1170. The first-order valence-corrected chi connectivity index (χ1v) is 10.8. The van der Waals surface area contributed by atoms with Crippen molar-refractivity contribution in [3.63, 3.8) is 0 Å². The molecule has 1 amide bonds. The number of nitrogens with one attached hydrogen (secondary N) is 1. The minimum atomic E-state index is -1.01. The van der Waals surface area contributed by atoms with E-state index in [0.717, 1.165) is 18.8 Å². The van der Waals surface area contributed by atoms with E-state index in [4.69, 9.17) is 4.74 Å². The normalized spacial score (nSPS) is 14.7. The third-order valence-corrected chi connectivity index (χ3v) is 5.56. The molecular formula is C24H26N4O4. The smallest absolute Gasteiger partial charge is 0.326 e. The van der Waals surface area contributed by atoms with Gasteiger partial charge in [0.15, 0.2) is 6.10 Å². The number of anilines is 2. The average molecular weight is 434 g/mol. The molecule has 0 aliphatic carbocycles. The number of amides is 1. The van der Waals surface area contributed by atoms with Crippen LogP contribution in [0, 0.1) is 0 Å². The van der Waals surface area contributed by atoms with Crippen LogP contribution in [-0.4, -0.2) is 40.6 Å². The highest BCUT2D eigenvalue weighted by Crippen LogP contribution is 2.22. The van der Waals surface area contributed by atoms with Gasteiger partial charge in [-0.25, -0.2) is 4.98 Å². The predicted molar refractivity (Wildman–Crippen MR) is 123 cm³/mol. The summed E-state index contributed by atoms with van der Waals surface area (Å²) >= 11 is 0. The maximum atomic E-state index is 12.5. The van der Waals surface area contributed by atoms with Gasteiger partial charge >= 0.3 is 5.97 Å². The van der Waals surface area contributed by atoms with E-state index in [1.807, 2.05) is 24.3 Å². The van der Waals surface area contributed by atoms with Crippen LogP contribution in [0.1, 0.15) is 26.2 Å². The van der Waals surface area contributed by atoms with Gasteiger partial charge < -0.3 is 15.0 Å². The Morgan fingerprint density at radius 3 is 2.53 bits per heavy atom. The van der Waals surface area contributed by atoms with Crippen molar-refractivity contribution >= 4 is 34.2 Å². The van der Waals surface area contributed by atoms with Gasteiger partial charge in [-0.2, -0.15) is 0 Å². The molecule has 1 N–H and O–H groups in total. The summed E-state index contributed by atoms with van der Waals surface area (Å²) in [5.41, 5.74) is 1.99. The Morgan fingerprint density at radius 1 is 1.06 bits per heavy atom. The Morgan fingerprint density at radius 2 is 1.78 bits per heavy atom. The molecule has 1 aliphatic heterocycles. The number of fused-ring (bicyclic) bond motifs is 1. The number of hydrogen-bond acceptors (Lipinski definition) is 6. The second kappa shape index (κ2) is 9.64. The Kier molecular flexibility index (Phi) is 6.49. The first kappa shape index (κ1) is 21.5. The van der Waals surface area contributed by atoms with Crippen LogP contribution in [0.25, 0.3) is 10.9 Å². The number of carbonyl (C=O) groups is 2. The summed E-state index contributed by atoms with van der Waals surface area (Å²) in [5, 5.41) is 3.18. The van der Waals surface area contributed by atoms with Crippen LogP contribution >= 0.6 is 0 Å². The number of esters is 1. The fourth-order valence-corrected chi connectivity index (χ4v) is 3.80. The largest absolute Gasteiger partial charge is 0.451 e. The minimum Gasteiger partial charge on any atom is -0.451 e. The third kappa shape index (κ3) is 4.96. The van der Waals surface area contributed by atoms with Crippen LogP contribution in [0.4, 0.5) is 11.4 Å². The molecule has 1 unspecified atom stereocenters. The lowest BCUT2D eigenvalue weighted by Gasteiger charge is -2.28. The van der Waals surface area contributed by atoms with E-state index in [1.165, 1.54) is 37.1 Å². The molecule has 1 aliphatic rings. The second-order valence-corrected chi connectivity index (χ2v) is 7.91. The van der Waals surface area contributed by atoms with Gasteiger partial charge in [0.1, 0.15) is 6.54 Å². The minimum absolute atomic E-state index is 0.321. The molecule has 1 saturated heterocycles. The van der Waals surface area contributed by atoms with Gasteiger partial charge in [0.2, 0.25) is 0 Å². The quantitative estimate of drug-likeness (QED) is 0.600. The molecule has 0 bridgehead atoms. The SMILES string of the molecule is CC(OC(=O)Cn1cnc2ccccc2c1=O)C(=O)Nc1ccc(N2CCCCC2)cc1. The molecule has 0 saturated carbocycles. The zero-order valence-electron chi connectivity index (χ0n) is 18.0. The van der Waals surface area contributed by atoms with Gasteiger partial charge in [0.05, 0.1) is 17.2 Å². The molecule has 4 rings (SSSR count). The Labute approximate surface area is 185 Å². The van der Waals surface area contributed by atoms with Crippen LogP contribution in [0.15, 0.2) is 59.7 Å². The van der Waals surface area contributed by atoms with E-state index >= 15 is 0 Å². The summed E-state index contributed by atoms with van der Waals surface area (Å²) in [6.45, 7) is 3.28. The lowest BCUT2D eigenvalue weighted by molar-refractivity contribution is -0.153. The van der Waals surface area contributed by atoms with E-state index in [-0.39, 0.29) is 12.1 Å². The lowest BCUT2D eigenvalue weighted by atomic mass is 10.1. The number of ether oxygens (including phenoxy) is 1. The van der Waals surface area contributed by atoms with E-state index in [0.29, 0.717) is 16.6 Å². The van der Waals surface area contributed by atoms with Crippen LogP contribution in [-0.2, 0) is 20.9 Å². The van der Waals surface area contributed by atoms with Crippen molar-refractivity contribution < 1.29 is 14.3 Å². The van der Waals surface area contributed by atoms with E-state index < -0.39 is 18.0 Å². The van der Waals surface area contributed by atoms with Crippen molar-refractivity contribution in [2.24, 2.45) is 0 Å². The molecular weight excluding hydrogens is 408 g/mol. The molecule has 8 heteroatoms. The monoisotopic (exact) mass is 434 g/mol. The molecule has 1 atom stereocenters. The van der Waals surface area contributed by atoms with E-state index in [2.05, 4.69) is 15.2 Å². The first-order valence-electron chi connectivity index (χ1n) is 10.8. The van der Waals surface area contributed by atoms with Crippen LogP contribution in [0.5, 0.6) is 0 Å². The Balaban J connectivity index is 1.33. The van der Waals surface area contributed by atoms with Gasteiger partial charge in [-0.15, -0.1) is 0 Å². The van der Waals surface area contributed by atoms with Gasteiger partial charge in [0, 0.05) is 24.5 Å². The van der Waals surface area contributed by atoms with Gasteiger partial charge in [0.25, 0.3) is 11.5 Å². The number of nitrogens with zero attached hydrogens (tertiary/aromatic N) is 3. The van der Waals surface area contributed by atoms with E-state index in [9.17, 15) is 14.4 Å². The predicted octanol–water partition coefficient (Wildman–Crippen LogP) is 2.96. The standard InChI is InChI=1S/C24H26N4O4/c1-17(23(30)26-18-9-11-19(12-10-18)27-13-5-2-6-14-27)32-22(29)15-28-16-25-21-8-4-3-7-20(21)24(28)31/h3-4,7-12,16-17H,2,5-6,13-15H2,1H3,(H,26,30). The van der Waals surface area contributed by atoms with Crippen molar-refractivity contribution in [3.05, 3.63) is 65.2 Å². The maximum absolute atomic E-state index is 12.5. The Hall–Kier alpha value is -3.68. The average Bonchev–Trinajstić information content (AvgIpc) is 2.82. The van der Waals surface area contributed by atoms with Gasteiger partial charge in [-0.05, 0) is 62.6 Å². The zero-order chi connectivity index (χ0) is 22.5. The molecule has 8 nitrogen and oxygen atoms in total. The van der Waals surface area contributed by atoms with Gasteiger partial charge in [-0.1, -0.05) is 12.1 Å². The fourth-order valence-electron chi connectivity index (χ4n) is 3.80. The molecule has 2 aromatic carbocycles. The summed E-state index contributed by atoms with van der Waals surface area (Å²) < 4.78 is 6.40. The van der Waals surface area contributed by atoms with Crippen LogP contribution in [0.3, 0.4) is 0 Å². The number of rotatable bonds is 6. The highest BCUT2D eigenvalue weighted by Gasteiger charge is 2.19. The first-order chi connectivity index (χ1) is 15.5. The van der Waals surface area contributed by atoms with Crippen molar-refractivity contribution in [2.45, 2.75) is 38.8 Å². The summed E-state index contributed by atoms with van der Waals surface area (Å²) in [6, 6.07) is 14.6. The molecule has 1 fully saturated rings. The molecule has 0 spiro atoms. The highest BCUT2D eigenvalue weighted by molar-refractivity contribution is 5.95. The van der Waals surface area contributed by atoms with Crippen LogP contribution in [0.2, 0.25) is 0 Å². The molecule has 32 heavy (non-hydrogen) atoms. The summed E-state index contributed by atoms with van der Waals surface area (Å²) in [7, 11) is 0. The number of benzene rings is 2. The molecule has 166 valence electrons. The van der Waals surface area contributed by atoms with Crippen LogP contribution < -0.4 is 15.8 Å². The number of aromatic nitrogens is 2. The topological polar surface area (TPSA) is 93.5 Å². The molecule has 0 radical (unpaired) electrons. The van der Waals surface area contributed by atoms with Crippen molar-refractivity contribution in [3.8, 4) is 0 Å². The summed E-state index contributed by atoms with van der Waals surface area (Å²) in [6.07, 6.45) is 3.97. The van der Waals surface area contributed by atoms with Gasteiger partial charge in [-0.3, -0.25) is 19.0 Å². The lowest BCUT2D eigenvalue weighted by Crippen LogP contribution is -2.33. The molecule has 1 aromatic heterocycles. The zero-order valence-corrected chi connectivity index (χ0v) is 18.0. The highest BCUT2D eigenvalue weighted by atomic mass is 16.5. The number of para-hydroxylation sites is 1. The second-order valence-electron chi connectivity index (χ2n) is 7.91. The van der Waals surface area contributed by atoms with E-state index in [1.54, 1.807) is 24.3 Å². The number of piperidine rings is 1. The third-order valence-electron chi connectivity index (χ3n) is 5.56. The molecule has 2 heterocycles. The maximum Gasteiger partial charge on any atom is 0.326 e. The molecule has 3 aromatic rings. The van der Waals surface area contributed by atoms with Crippen molar-refractivity contribution in [1.82, 2.24) is 9.55 Å². The number of carbonyl (C=O) groups excluding carboxylic acids is 2. The summed E-state index contributed by atoms with van der Waals surface area (Å²) in [5.74, 6) is -1.12.